The lowest BCUT2D eigenvalue weighted by molar-refractivity contribution is -0.119. The van der Waals surface area contributed by atoms with Gasteiger partial charge in [-0.05, 0) is 13.0 Å². The molecule has 0 saturated heterocycles. The van der Waals surface area contributed by atoms with Crippen molar-refractivity contribution in [1.82, 2.24) is 19.9 Å². The third-order valence-corrected chi connectivity index (χ3v) is 2.80. The predicted molar refractivity (Wildman–Crippen MR) is 68.2 cm³/mol. The van der Waals surface area contributed by atoms with Crippen molar-refractivity contribution in [2.45, 2.75) is 13.3 Å². The number of nitrogens with two attached hydrogens (primary N) is 1. The van der Waals surface area contributed by atoms with E-state index in [1.54, 1.807) is 6.92 Å². The van der Waals surface area contributed by atoms with Crippen molar-refractivity contribution in [3.8, 4) is 0 Å². The third kappa shape index (κ3) is 2.57. The number of imidazole rings is 1. The predicted octanol–water partition coefficient (Wildman–Crippen LogP) is 0.930. The summed E-state index contributed by atoms with van der Waals surface area (Å²) in [4.78, 5) is 26.6. The monoisotopic (exact) mass is 268 g/mol. The van der Waals surface area contributed by atoms with Crippen molar-refractivity contribution >= 4 is 34.6 Å². The van der Waals surface area contributed by atoms with E-state index in [1.807, 2.05) is 0 Å². The Balaban J connectivity index is 2.19. The highest BCUT2D eigenvalue weighted by atomic mass is 35.5. The number of carbonyl (C=O) groups excluding carboxylic acids is 1. The van der Waals surface area contributed by atoms with Gasteiger partial charge in [0.1, 0.15) is 5.52 Å². The molecule has 0 bridgehead atoms. The van der Waals surface area contributed by atoms with Gasteiger partial charge in [-0.2, -0.15) is 9.97 Å². The van der Waals surface area contributed by atoms with E-state index in [9.17, 15) is 4.79 Å². The summed E-state index contributed by atoms with van der Waals surface area (Å²) >= 11 is 5.93. The van der Waals surface area contributed by atoms with Crippen molar-refractivity contribution in [2.24, 2.45) is 11.7 Å². The standard InChI is InChI=1S/C10H13ClN6O/c1-5(2-3-12)9(18)17-10-15-7(11)6-8(16-10)14-4-13-6/h4-5H,2-3,12H2,1H3,(H2,13,14,15,16,17,18). The van der Waals surface area contributed by atoms with Crippen molar-refractivity contribution in [1.29, 1.82) is 0 Å². The van der Waals surface area contributed by atoms with Gasteiger partial charge in [-0.1, -0.05) is 18.5 Å². The van der Waals surface area contributed by atoms with Gasteiger partial charge < -0.3 is 10.7 Å². The number of aromatic nitrogens is 4. The number of H-pyrrole nitrogens is 1. The maximum absolute atomic E-state index is 11.8. The van der Waals surface area contributed by atoms with E-state index in [4.69, 9.17) is 17.3 Å². The maximum Gasteiger partial charge on any atom is 0.233 e. The van der Waals surface area contributed by atoms with Gasteiger partial charge in [0, 0.05) is 5.92 Å². The number of nitrogens with one attached hydrogen (secondary N) is 2. The highest BCUT2D eigenvalue weighted by molar-refractivity contribution is 6.33. The summed E-state index contributed by atoms with van der Waals surface area (Å²) in [5.41, 5.74) is 6.36. The fraction of sp³-hybridized carbons (Fsp3) is 0.400. The molecule has 0 aromatic carbocycles. The van der Waals surface area contributed by atoms with Crippen LogP contribution in [0, 0.1) is 5.92 Å². The number of carbonyl (C=O) groups is 1. The number of fused-ring (bicyclic) bond motifs is 1. The lowest BCUT2D eigenvalue weighted by atomic mass is 10.1. The summed E-state index contributed by atoms with van der Waals surface area (Å²) in [6.07, 6.45) is 2.07. The normalized spacial score (nSPS) is 12.6. The van der Waals surface area contributed by atoms with Crippen LogP contribution in [0.25, 0.3) is 11.2 Å². The topological polar surface area (TPSA) is 110 Å². The minimum atomic E-state index is -0.202. The van der Waals surface area contributed by atoms with Crippen LogP contribution in [0.2, 0.25) is 5.15 Å². The van der Waals surface area contributed by atoms with E-state index in [0.717, 1.165) is 0 Å². The highest BCUT2D eigenvalue weighted by Crippen LogP contribution is 2.18. The molecule has 0 aliphatic carbocycles. The average Bonchev–Trinajstić information content (AvgIpc) is 2.77. The Labute approximate surface area is 108 Å². The van der Waals surface area contributed by atoms with Gasteiger partial charge in [0.15, 0.2) is 10.8 Å². The molecule has 0 aliphatic heterocycles. The first-order valence-electron chi connectivity index (χ1n) is 5.49. The van der Waals surface area contributed by atoms with Gasteiger partial charge in [0.2, 0.25) is 11.9 Å². The number of anilines is 1. The highest BCUT2D eigenvalue weighted by Gasteiger charge is 2.15. The Bertz CT molecular complexity index is 568. The first-order valence-corrected chi connectivity index (χ1v) is 5.87. The quantitative estimate of drug-likeness (QED) is 0.715. The Morgan fingerprint density at radius 3 is 3.11 bits per heavy atom. The summed E-state index contributed by atoms with van der Waals surface area (Å²) < 4.78 is 0. The minimum absolute atomic E-state index is 0.147. The van der Waals surface area contributed by atoms with E-state index in [1.165, 1.54) is 6.33 Å². The van der Waals surface area contributed by atoms with Gasteiger partial charge in [-0.15, -0.1) is 0 Å². The number of amides is 1. The van der Waals surface area contributed by atoms with Crippen LogP contribution in [0.5, 0.6) is 0 Å². The fourth-order valence-corrected chi connectivity index (χ4v) is 1.69. The zero-order chi connectivity index (χ0) is 13.1. The van der Waals surface area contributed by atoms with Crippen LogP contribution in [0.4, 0.5) is 5.95 Å². The molecule has 0 saturated carbocycles. The maximum atomic E-state index is 11.8. The summed E-state index contributed by atoms with van der Waals surface area (Å²) in [7, 11) is 0. The first-order chi connectivity index (χ1) is 8.61. The SMILES string of the molecule is CC(CCN)C(=O)Nc1nc(Cl)c2[nH]cnc2n1. The molecule has 2 aromatic heterocycles. The van der Waals surface area contributed by atoms with E-state index in [2.05, 4.69) is 25.3 Å². The number of hydrogen-bond acceptors (Lipinski definition) is 5. The van der Waals surface area contributed by atoms with Gasteiger partial charge in [-0.3, -0.25) is 10.1 Å². The molecule has 2 aromatic rings. The van der Waals surface area contributed by atoms with Crippen LogP contribution in [-0.2, 0) is 4.79 Å². The lowest BCUT2D eigenvalue weighted by Crippen LogP contribution is -2.23. The molecule has 0 radical (unpaired) electrons. The largest absolute Gasteiger partial charge is 0.341 e. The third-order valence-electron chi connectivity index (χ3n) is 2.52. The van der Waals surface area contributed by atoms with E-state index in [0.29, 0.717) is 24.1 Å². The van der Waals surface area contributed by atoms with Crippen molar-refractivity contribution in [3.05, 3.63) is 11.5 Å². The van der Waals surface area contributed by atoms with Crippen molar-refractivity contribution in [3.63, 3.8) is 0 Å². The van der Waals surface area contributed by atoms with Crippen LogP contribution in [-0.4, -0.2) is 32.4 Å². The fourth-order valence-electron chi connectivity index (χ4n) is 1.47. The Morgan fingerprint density at radius 2 is 2.39 bits per heavy atom. The molecule has 1 unspecified atom stereocenters. The van der Waals surface area contributed by atoms with Crippen LogP contribution in [0.3, 0.4) is 0 Å². The van der Waals surface area contributed by atoms with Gasteiger partial charge in [-0.25, -0.2) is 4.98 Å². The molecule has 0 spiro atoms. The molecule has 96 valence electrons. The zero-order valence-electron chi connectivity index (χ0n) is 9.77. The lowest BCUT2D eigenvalue weighted by Gasteiger charge is -2.09. The number of halogens is 1. The molecular formula is C10H13ClN6O. The Kier molecular flexibility index (Phi) is 3.73. The summed E-state index contributed by atoms with van der Waals surface area (Å²) in [5, 5.41) is 2.82. The Hall–Kier alpha value is -1.73. The summed E-state index contributed by atoms with van der Waals surface area (Å²) in [5.74, 6) is -0.243. The van der Waals surface area contributed by atoms with E-state index in [-0.39, 0.29) is 22.9 Å². The molecule has 7 nitrogen and oxygen atoms in total. The zero-order valence-corrected chi connectivity index (χ0v) is 10.5. The minimum Gasteiger partial charge on any atom is -0.341 e. The molecule has 2 rings (SSSR count). The van der Waals surface area contributed by atoms with Crippen molar-refractivity contribution < 1.29 is 4.79 Å². The molecule has 18 heavy (non-hydrogen) atoms. The molecule has 2 heterocycles. The summed E-state index contributed by atoms with van der Waals surface area (Å²) in [6, 6.07) is 0. The second-order valence-electron chi connectivity index (χ2n) is 3.91. The van der Waals surface area contributed by atoms with Crippen LogP contribution < -0.4 is 11.1 Å². The molecular weight excluding hydrogens is 256 g/mol. The molecule has 1 amide bonds. The van der Waals surface area contributed by atoms with Crippen LogP contribution >= 0.6 is 11.6 Å². The second-order valence-corrected chi connectivity index (χ2v) is 4.26. The number of nitrogens with zero attached hydrogens (tertiary/aromatic N) is 3. The Morgan fingerprint density at radius 1 is 1.61 bits per heavy atom. The number of hydrogen-bond donors (Lipinski definition) is 3. The van der Waals surface area contributed by atoms with Gasteiger partial charge in [0.25, 0.3) is 0 Å². The molecule has 0 aliphatic rings. The van der Waals surface area contributed by atoms with E-state index < -0.39 is 0 Å². The van der Waals surface area contributed by atoms with Crippen LogP contribution in [0.15, 0.2) is 6.33 Å². The number of aromatic amines is 1. The second kappa shape index (κ2) is 5.28. The average molecular weight is 269 g/mol. The first kappa shape index (κ1) is 12.7. The summed E-state index contributed by atoms with van der Waals surface area (Å²) in [6.45, 7) is 2.24. The molecule has 8 heteroatoms. The van der Waals surface area contributed by atoms with Gasteiger partial charge >= 0.3 is 0 Å². The van der Waals surface area contributed by atoms with Crippen LogP contribution in [0.1, 0.15) is 13.3 Å². The smallest absolute Gasteiger partial charge is 0.233 e. The van der Waals surface area contributed by atoms with Crippen molar-refractivity contribution in [2.75, 3.05) is 11.9 Å². The molecule has 0 fully saturated rings. The van der Waals surface area contributed by atoms with Gasteiger partial charge in [0.05, 0.1) is 6.33 Å². The van der Waals surface area contributed by atoms with E-state index >= 15 is 0 Å². The molecule has 4 N–H and O–H groups in total. The molecule has 1 atom stereocenters. The number of rotatable bonds is 4.